The van der Waals surface area contributed by atoms with Crippen molar-refractivity contribution in [1.82, 2.24) is 0 Å². The molecule has 2 unspecified atom stereocenters. The van der Waals surface area contributed by atoms with Gasteiger partial charge in [0.25, 0.3) is 0 Å². The van der Waals surface area contributed by atoms with Crippen molar-refractivity contribution in [2.45, 2.75) is 25.4 Å². The number of hydrogen-bond acceptors (Lipinski definition) is 2. The van der Waals surface area contributed by atoms with Crippen LogP contribution in [0.25, 0.3) is 0 Å². The van der Waals surface area contributed by atoms with Crippen LogP contribution in [-0.2, 0) is 9.47 Å². The van der Waals surface area contributed by atoms with E-state index < -0.39 is 0 Å². The topological polar surface area (TPSA) is 18.5 Å². The molecule has 0 aromatic heterocycles. The van der Waals surface area contributed by atoms with Crippen molar-refractivity contribution in [3.05, 3.63) is 24.5 Å². The highest BCUT2D eigenvalue weighted by Gasteiger charge is 2.39. The highest BCUT2D eigenvalue weighted by Crippen LogP contribution is 2.42. The summed E-state index contributed by atoms with van der Waals surface area (Å²) in [5, 5.41) is 0. The number of alkyl halides is 1. The molecule has 0 bridgehead atoms. The molecule has 3 heteroatoms. The van der Waals surface area contributed by atoms with Crippen LogP contribution in [0.3, 0.4) is 0 Å². The Labute approximate surface area is 89.5 Å². The summed E-state index contributed by atoms with van der Waals surface area (Å²) < 4.78 is 10.8. The predicted molar refractivity (Wildman–Crippen MR) is 56.1 cm³/mol. The summed E-state index contributed by atoms with van der Waals surface area (Å²) in [5.74, 6) is 1.65. The van der Waals surface area contributed by atoms with Gasteiger partial charge in [0.05, 0.1) is 0 Å². The summed E-state index contributed by atoms with van der Waals surface area (Å²) in [6.07, 6.45) is 7.05. The lowest BCUT2D eigenvalue weighted by molar-refractivity contribution is 0.0337. The zero-order valence-electron chi connectivity index (χ0n) is 8.17. The van der Waals surface area contributed by atoms with Crippen LogP contribution in [0, 0.1) is 5.41 Å². The van der Waals surface area contributed by atoms with Crippen molar-refractivity contribution in [1.29, 1.82) is 0 Å². The van der Waals surface area contributed by atoms with Crippen LogP contribution >= 0.6 is 11.6 Å². The number of hydrogen-bond donors (Lipinski definition) is 0. The second-order valence-electron chi connectivity index (χ2n) is 4.06. The smallest absolute Gasteiger partial charge is 0.189 e. The van der Waals surface area contributed by atoms with Gasteiger partial charge in [-0.05, 0) is 30.8 Å². The Bertz CT molecular complexity index is 262. The largest absolute Gasteiger partial charge is 0.469 e. The van der Waals surface area contributed by atoms with Gasteiger partial charge >= 0.3 is 0 Å². The molecule has 0 amide bonds. The molecule has 2 rings (SSSR count). The van der Waals surface area contributed by atoms with E-state index in [1.54, 1.807) is 0 Å². The van der Waals surface area contributed by atoms with E-state index in [9.17, 15) is 0 Å². The fourth-order valence-electron chi connectivity index (χ4n) is 2.14. The van der Waals surface area contributed by atoms with Crippen LogP contribution in [-0.4, -0.2) is 18.8 Å². The van der Waals surface area contributed by atoms with Gasteiger partial charge < -0.3 is 9.47 Å². The van der Waals surface area contributed by atoms with Crippen LogP contribution in [0.5, 0.6) is 0 Å². The average molecular weight is 215 g/mol. The summed E-state index contributed by atoms with van der Waals surface area (Å²) in [7, 11) is 0. The van der Waals surface area contributed by atoms with Crippen molar-refractivity contribution >= 4 is 11.6 Å². The summed E-state index contributed by atoms with van der Waals surface area (Å²) in [6.45, 7) is 4.17. The van der Waals surface area contributed by atoms with Gasteiger partial charge in [0, 0.05) is 5.88 Å². The second kappa shape index (κ2) is 3.95. The molecule has 0 N–H and O–H groups in total. The molecule has 78 valence electrons. The number of halogens is 1. The average Bonchev–Trinajstić information content (AvgIpc) is 2.65. The van der Waals surface area contributed by atoms with Crippen molar-refractivity contribution < 1.29 is 9.47 Å². The Kier molecular flexibility index (Phi) is 2.84. The first kappa shape index (κ1) is 10.1. The summed E-state index contributed by atoms with van der Waals surface area (Å²) in [4.78, 5) is 0. The first-order valence-corrected chi connectivity index (χ1v) is 5.44. The highest BCUT2D eigenvalue weighted by atomic mass is 35.5. The first-order valence-electron chi connectivity index (χ1n) is 4.91. The fraction of sp³-hybridized carbons (Fsp3) is 0.636. The summed E-state index contributed by atoms with van der Waals surface area (Å²) >= 11 is 6.03. The second-order valence-corrected chi connectivity index (χ2v) is 4.33. The molecule has 2 nitrogen and oxygen atoms in total. The maximum absolute atomic E-state index is 6.03. The van der Waals surface area contributed by atoms with Gasteiger partial charge in [0.1, 0.15) is 11.9 Å². The number of allylic oxidation sites excluding steroid dienone is 2. The zero-order chi connectivity index (χ0) is 10.0. The lowest BCUT2D eigenvalue weighted by Gasteiger charge is -2.34. The molecule has 2 aliphatic rings. The predicted octanol–water partition coefficient (Wildman–Crippen LogP) is 2.84. The third kappa shape index (κ3) is 1.69. The molecule has 1 saturated heterocycles. The SMILES string of the molecule is C=CCC1(CCl)CC=C2OCOC2C1. The van der Waals surface area contributed by atoms with E-state index in [0.29, 0.717) is 12.7 Å². The van der Waals surface area contributed by atoms with Gasteiger partial charge in [-0.25, -0.2) is 0 Å². The van der Waals surface area contributed by atoms with Crippen molar-refractivity contribution in [2.24, 2.45) is 5.41 Å². The van der Waals surface area contributed by atoms with E-state index in [2.05, 4.69) is 12.7 Å². The third-order valence-electron chi connectivity index (χ3n) is 3.03. The van der Waals surface area contributed by atoms with Crippen LogP contribution < -0.4 is 0 Å². The normalized spacial score (nSPS) is 35.8. The van der Waals surface area contributed by atoms with Gasteiger partial charge in [0.15, 0.2) is 6.79 Å². The molecule has 1 heterocycles. The third-order valence-corrected chi connectivity index (χ3v) is 3.59. The molecule has 1 aliphatic carbocycles. The maximum Gasteiger partial charge on any atom is 0.189 e. The van der Waals surface area contributed by atoms with Crippen LogP contribution in [0.4, 0.5) is 0 Å². The van der Waals surface area contributed by atoms with Crippen LogP contribution in [0.15, 0.2) is 24.5 Å². The van der Waals surface area contributed by atoms with E-state index in [1.165, 1.54) is 0 Å². The Balaban J connectivity index is 2.13. The van der Waals surface area contributed by atoms with E-state index in [1.807, 2.05) is 6.08 Å². The van der Waals surface area contributed by atoms with Gasteiger partial charge in [-0.1, -0.05) is 6.08 Å². The highest BCUT2D eigenvalue weighted by molar-refractivity contribution is 6.18. The monoisotopic (exact) mass is 214 g/mol. The van der Waals surface area contributed by atoms with Crippen LogP contribution in [0.2, 0.25) is 0 Å². The molecule has 1 fully saturated rings. The number of ether oxygens (including phenoxy) is 2. The molecule has 0 saturated carbocycles. The molecule has 0 aromatic rings. The van der Waals surface area contributed by atoms with E-state index in [4.69, 9.17) is 21.1 Å². The van der Waals surface area contributed by atoms with E-state index in [0.717, 1.165) is 25.0 Å². The first-order chi connectivity index (χ1) is 6.79. The van der Waals surface area contributed by atoms with E-state index in [-0.39, 0.29) is 11.5 Å². The zero-order valence-corrected chi connectivity index (χ0v) is 8.93. The molecule has 0 aromatic carbocycles. The molecule has 14 heavy (non-hydrogen) atoms. The Morgan fingerprint density at radius 1 is 1.71 bits per heavy atom. The lowest BCUT2D eigenvalue weighted by Crippen LogP contribution is -2.31. The Morgan fingerprint density at radius 2 is 2.57 bits per heavy atom. The standard InChI is InChI=1S/C11H15ClO2/c1-2-4-11(7-12)5-3-9-10(6-11)14-8-13-9/h2-3,10H,1,4-8H2. The minimum Gasteiger partial charge on any atom is -0.469 e. The van der Waals surface area contributed by atoms with E-state index >= 15 is 0 Å². The Hall–Kier alpha value is -0.470. The van der Waals surface area contributed by atoms with Gasteiger partial charge in [-0.15, -0.1) is 18.2 Å². The maximum atomic E-state index is 6.03. The molecular formula is C11H15ClO2. The van der Waals surface area contributed by atoms with Crippen molar-refractivity contribution in [2.75, 3.05) is 12.7 Å². The van der Waals surface area contributed by atoms with Crippen molar-refractivity contribution in [3.63, 3.8) is 0 Å². The number of fused-ring (bicyclic) bond motifs is 1. The van der Waals surface area contributed by atoms with Crippen LogP contribution in [0.1, 0.15) is 19.3 Å². The quantitative estimate of drug-likeness (QED) is 0.531. The molecular weight excluding hydrogens is 200 g/mol. The number of rotatable bonds is 3. The Morgan fingerprint density at radius 3 is 3.29 bits per heavy atom. The van der Waals surface area contributed by atoms with Crippen molar-refractivity contribution in [3.8, 4) is 0 Å². The fourth-order valence-corrected chi connectivity index (χ4v) is 2.47. The van der Waals surface area contributed by atoms with Gasteiger partial charge in [-0.3, -0.25) is 0 Å². The molecule has 0 spiro atoms. The summed E-state index contributed by atoms with van der Waals surface area (Å²) in [5.41, 5.74) is 0.130. The molecule has 0 radical (unpaired) electrons. The lowest BCUT2D eigenvalue weighted by atomic mass is 9.74. The molecule has 1 aliphatic heterocycles. The van der Waals surface area contributed by atoms with Gasteiger partial charge in [0.2, 0.25) is 0 Å². The van der Waals surface area contributed by atoms with Gasteiger partial charge in [-0.2, -0.15) is 0 Å². The molecule has 2 atom stereocenters. The minimum absolute atomic E-state index is 0.127. The summed E-state index contributed by atoms with van der Waals surface area (Å²) in [6, 6.07) is 0. The minimum atomic E-state index is 0.127.